The zero-order valence-corrected chi connectivity index (χ0v) is 15.4. The van der Waals surface area contributed by atoms with Crippen LogP contribution in [0.5, 0.6) is 0 Å². The summed E-state index contributed by atoms with van der Waals surface area (Å²) in [4.78, 5) is 13.4. The van der Waals surface area contributed by atoms with Crippen molar-refractivity contribution in [3.8, 4) is 0 Å². The molecular weight excluding hydrogens is 348 g/mol. The lowest BCUT2D eigenvalue weighted by atomic mass is 9.91. The summed E-state index contributed by atoms with van der Waals surface area (Å²) >= 11 is 3.32. The van der Waals surface area contributed by atoms with Crippen LogP contribution in [0.25, 0.3) is 11.1 Å². The van der Waals surface area contributed by atoms with Gasteiger partial charge >= 0.3 is 5.97 Å². The zero-order valence-electron chi connectivity index (χ0n) is 13.8. The number of hydrogen-bond acceptors (Lipinski definition) is 3. The van der Waals surface area contributed by atoms with Crippen LogP contribution < -0.4 is 0 Å². The molecule has 0 saturated heterocycles. The van der Waals surface area contributed by atoms with Crippen molar-refractivity contribution in [2.45, 2.75) is 5.25 Å². The highest BCUT2D eigenvalue weighted by molar-refractivity contribution is 7.99. The molecule has 0 bridgehead atoms. The Hall–Kier alpha value is -2.30. The zero-order chi connectivity index (χ0) is 17.6. The standard InChI is InChI=1S/C21H18O2S2/c1-24-20(17-13-8-14-25-17)18(15-9-4-2-5-10-15)19(21(22)23)16-11-6-3-7-12-16/h2-14,20H,1H3,(H,22,23). The van der Waals surface area contributed by atoms with E-state index in [4.69, 9.17) is 0 Å². The van der Waals surface area contributed by atoms with E-state index < -0.39 is 5.97 Å². The number of benzene rings is 2. The minimum atomic E-state index is -0.902. The van der Waals surface area contributed by atoms with Gasteiger partial charge < -0.3 is 5.11 Å². The maximum atomic E-state index is 12.2. The number of carboxylic acid groups (broad SMARTS) is 1. The van der Waals surface area contributed by atoms with Gasteiger partial charge in [0.1, 0.15) is 0 Å². The third kappa shape index (κ3) is 3.86. The van der Waals surface area contributed by atoms with E-state index in [0.717, 1.165) is 21.6 Å². The summed E-state index contributed by atoms with van der Waals surface area (Å²) in [6.45, 7) is 0. The van der Waals surface area contributed by atoms with Crippen LogP contribution in [0.4, 0.5) is 0 Å². The molecule has 3 aromatic rings. The van der Waals surface area contributed by atoms with E-state index in [9.17, 15) is 9.90 Å². The molecule has 1 atom stereocenters. The second-order valence-corrected chi connectivity index (χ2v) is 7.38. The molecule has 25 heavy (non-hydrogen) atoms. The third-order valence-corrected chi connectivity index (χ3v) is 5.98. The van der Waals surface area contributed by atoms with Gasteiger partial charge in [0, 0.05) is 4.88 Å². The van der Waals surface area contributed by atoms with E-state index in [0.29, 0.717) is 5.57 Å². The molecule has 3 rings (SSSR count). The van der Waals surface area contributed by atoms with Crippen molar-refractivity contribution >= 4 is 40.2 Å². The van der Waals surface area contributed by atoms with Crippen LogP contribution in [0.3, 0.4) is 0 Å². The Labute approximate surface area is 155 Å². The molecule has 1 heterocycles. The highest BCUT2D eigenvalue weighted by atomic mass is 32.2. The van der Waals surface area contributed by atoms with Gasteiger partial charge in [0.15, 0.2) is 0 Å². The van der Waals surface area contributed by atoms with Crippen molar-refractivity contribution in [1.29, 1.82) is 0 Å². The van der Waals surface area contributed by atoms with E-state index in [2.05, 4.69) is 6.07 Å². The molecule has 0 saturated carbocycles. The summed E-state index contributed by atoms with van der Waals surface area (Å²) in [7, 11) is 0. The monoisotopic (exact) mass is 366 g/mol. The van der Waals surface area contributed by atoms with Crippen LogP contribution in [0, 0.1) is 0 Å². The van der Waals surface area contributed by atoms with Crippen LogP contribution >= 0.6 is 23.1 Å². The molecule has 0 radical (unpaired) electrons. The lowest BCUT2D eigenvalue weighted by molar-refractivity contribution is -0.130. The number of thioether (sulfide) groups is 1. The van der Waals surface area contributed by atoms with Gasteiger partial charge in [-0.1, -0.05) is 66.7 Å². The first-order valence-electron chi connectivity index (χ1n) is 7.87. The Balaban J connectivity index is 2.31. The van der Waals surface area contributed by atoms with Crippen molar-refractivity contribution in [2.24, 2.45) is 0 Å². The third-order valence-electron chi connectivity index (χ3n) is 3.93. The fourth-order valence-corrected chi connectivity index (χ4v) is 4.83. The Morgan fingerprint density at radius 2 is 1.52 bits per heavy atom. The average Bonchev–Trinajstić information content (AvgIpc) is 3.17. The van der Waals surface area contributed by atoms with Gasteiger partial charge in [-0.05, 0) is 34.4 Å². The molecule has 2 nitrogen and oxygen atoms in total. The molecule has 1 N–H and O–H groups in total. The molecule has 0 fully saturated rings. The number of carboxylic acids is 1. The first-order chi connectivity index (χ1) is 12.2. The van der Waals surface area contributed by atoms with Crippen molar-refractivity contribution in [3.63, 3.8) is 0 Å². The fraction of sp³-hybridized carbons (Fsp3) is 0.0952. The summed E-state index contributed by atoms with van der Waals surface area (Å²) in [5, 5.41) is 12.0. The maximum absolute atomic E-state index is 12.2. The van der Waals surface area contributed by atoms with E-state index >= 15 is 0 Å². The van der Waals surface area contributed by atoms with E-state index in [-0.39, 0.29) is 5.25 Å². The second kappa shape index (κ2) is 8.19. The second-order valence-electron chi connectivity index (χ2n) is 5.46. The van der Waals surface area contributed by atoms with Crippen LogP contribution in [-0.4, -0.2) is 17.3 Å². The van der Waals surface area contributed by atoms with Crippen LogP contribution in [0.2, 0.25) is 0 Å². The topological polar surface area (TPSA) is 37.3 Å². The van der Waals surface area contributed by atoms with E-state index in [1.165, 1.54) is 0 Å². The molecule has 0 aliphatic carbocycles. The lowest BCUT2D eigenvalue weighted by Crippen LogP contribution is -2.08. The molecule has 0 aliphatic heterocycles. The fourth-order valence-electron chi connectivity index (χ4n) is 2.86. The molecule has 2 aromatic carbocycles. The summed E-state index contributed by atoms with van der Waals surface area (Å²) in [6, 6.07) is 23.3. The number of rotatable bonds is 6. The van der Waals surface area contributed by atoms with Crippen molar-refractivity contribution in [2.75, 3.05) is 6.26 Å². The Morgan fingerprint density at radius 3 is 2.00 bits per heavy atom. The van der Waals surface area contributed by atoms with Crippen molar-refractivity contribution in [3.05, 3.63) is 94.2 Å². The van der Waals surface area contributed by atoms with Gasteiger partial charge in [-0.25, -0.2) is 4.79 Å². The summed E-state index contributed by atoms with van der Waals surface area (Å²) in [5.74, 6) is -0.902. The average molecular weight is 367 g/mol. The molecular formula is C21H18O2S2. The number of hydrogen-bond donors (Lipinski definition) is 1. The smallest absolute Gasteiger partial charge is 0.336 e. The van der Waals surface area contributed by atoms with Gasteiger partial charge in [0.05, 0.1) is 10.8 Å². The molecule has 0 amide bonds. The van der Waals surface area contributed by atoms with Crippen molar-refractivity contribution in [1.82, 2.24) is 0 Å². The SMILES string of the molecule is CSC(C(=C(C(=O)O)c1ccccc1)c1ccccc1)c1cccs1. The lowest BCUT2D eigenvalue weighted by Gasteiger charge is -2.21. The minimum Gasteiger partial charge on any atom is -0.478 e. The summed E-state index contributed by atoms with van der Waals surface area (Å²) < 4.78 is 0. The van der Waals surface area contributed by atoms with Gasteiger partial charge in [-0.2, -0.15) is 11.8 Å². The number of thiophene rings is 1. The Morgan fingerprint density at radius 1 is 0.920 bits per heavy atom. The maximum Gasteiger partial charge on any atom is 0.336 e. The van der Waals surface area contributed by atoms with Gasteiger partial charge in [-0.15, -0.1) is 11.3 Å². The highest BCUT2D eigenvalue weighted by Crippen LogP contribution is 2.45. The summed E-state index contributed by atoms with van der Waals surface area (Å²) in [6.07, 6.45) is 2.03. The predicted octanol–water partition coefficient (Wildman–Crippen LogP) is 5.85. The molecule has 4 heteroatoms. The number of aliphatic carboxylic acids is 1. The molecule has 0 spiro atoms. The van der Waals surface area contributed by atoms with Gasteiger partial charge in [-0.3, -0.25) is 0 Å². The number of carbonyl (C=O) groups is 1. The normalized spacial score (nSPS) is 13.2. The van der Waals surface area contributed by atoms with Crippen molar-refractivity contribution < 1.29 is 9.90 Å². The minimum absolute atomic E-state index is 0.0336. The van der Waals surface area contributed by atoms with E-state index in [1.807, 2.05) is 78.4 Å². The molecule has 1 unspecified atom stereocenters. The Kier molecular flexibility index (Phi) is 5.74. The molecule has 126 valence electrons. The van der Waals surface area contributed by atoms with Crippen LogP contribution in [0.15, 0.2) is 78.2 Å². The van der Waals surface area contributed by atoms with Crippen LogP contribution in [-0.2, 0) is 4.79 Å². The van der Waals surface area contributed by atoms with E-state index in [1.54, 1.807) is 23.1 Å². The quantitative estimate of drug-likeness (QED) is 0.439. The largest absolute Gasteiger partial charge is 0.478 e. The first kappa shape index (κ1) is 17.5. The molecule has 1 aromatic heterocycles. The Bertz CT molecular complexity index is 853. The van der Waals surface area contributed by atoms with Crippen LogP contribution in [0.1, 0.15) is 21.3 Å². The highest BCUT2D eigenvalue weighted by Gasteiger charge is 2.26. The summed E-state index contributed by atoms with van der Waals surface area (Å²) in [5.41, 5.74) is 2.87. The van der Waals surface area contributed by atoms with Gasteiger partial charge in [0.25, 0.3) is 0 Å². The first-order valence-corrected chi connectivity index (χ1v) is 10.0. The predicted molar refractivity (Wildman–Crippen MR) is 108 cm³/mol. The molecule has 0 aliphatic rings. The van der Waals surface area contributed by atoms with Gasteiger partial charge in [0.2, 0.25) is 0 Å².